The minimum Gasteiger partial charge on any atom is -0.462 e. The zero-order chi connectivity index (χ0) is 20.6. The Hall–Kier alpha value is -2.84. The first-order chi connectivity index (χ1) is 13.9. The van der Waals surface area contributed by atoms with Crippen LogP contribution in [0.4, 0.5) is 0 Å². The fourth-order valence-electron chi connectivity index (χ4n) is 3.13. The van der Waals surface area contributed by atoms with E-state index < -0.39 is 16.0 Å². The lowest BCUT2D eigenvalue weighted by atomic mass is 10.1. The van der Waals surface area contributed by atoms with Gasteiger partial charge < -0.3 is 13.9 Å². The number of benzene rings is 2. The van der Waals surface area contributed by atoms with Crippen molar-refractivity contribution in [2.45, 2.75) is 25.2 Å². The number of ether oxygens (including phenoxy) is 2. The summed E-state index contributed by atoms with van der Waals surface area (Å²) in [5.41, 5.74) is 0.834. The Morgan fingerprint density at radius 3 is 2.48 bits per heavy atom. The quantitative estimate of drug-likeness (QED) is 0.563. The predicted molar refractivity (Wildman–Crippen MR) is 107 cm³/mol. The number of fused-ring (bicyclic) bond motifs is 1. The van der Waals surface area contributed by atoms with E-state index in [9.17, 15) is 13.2 Å². The fourth-order valence-corrected chi connectivity index (χ4v) is 4.65. The van der Waals surface area contributed by atoms with Crippen molar-refractivity contribution in [2.24, 2.45) is 0 Å². The molecule has 8 heteroatoms. The van der Waals surface area contributed by atoms with Crippen LogP contribution < -0.4 is 4.74 Å². The van der Waals surface area contributed by atoms with Crippen LogP contribution in [0.1, 0.15) is 29.5 Å². The Labute approximate surface area is 168 Å². The molecule has 1 fully saturated rings. The first-order valence-corrected chi connectivity index (χ1v) is 10.8. The number of carbonyl (C=O) groups is 1. The van der Waals surface area contributed by atoms with Crippen LogP contribution in [0.25, 0.3) is 11.0 Å². The minimum atomic E-state index is -3.45. The lowest BCUT2D eigenvalue weighted by molar-refractivity contribution is 0.0526. The van der Waals surface area contributed by atoms with E-state index in [1.54, 1.807) is 31.2 Å². The molecule has 0 radical (unpaired) electrons. The van der Waals surface area contributed by atoms with Gasteiger partial charge in [-0.1, -0.05) is 0 Å². The number of hydrogen-bond donors (Lipinski definition) is 0. The first-order valence-electron chi connectivity index (χ1n) is 9.38. The SMILES string of the molecule is CCOC(=O)c1cc(Oc2ccc(S(=O)(=O)N3CCC3)cc2)c2cc(C)oc2c1. The second-order valence-electron chi connectivity index (χ2n) is 6.79. The van der Waals surface area contributed by atoms with Crippen LogP contribution in [0.15, 0.2) is 51.8 Å². The molecule has 1 aromatic heterocycles. The largest absolute Gasteiger partial charge is 0.462 e. The van der Waals surface area contributed by atoms with E-state index in [1.165, 1.54) is 16.4 Å². The van der Waals surface area contributed by atoms with Crippen molar-refractivity contribution in [3.63, 3.8) is 0 Å². The molecule has 7 nitrogen and oxygen atoms in total. The van der Waals surface area contributed by atoms with E-state index >= 15 is 0 Å². The summed E-state index contributed by atoms with van der Waals surface area (Å²) >= 11 is 0. The third-order valence-electron chi connectivity index (χ3n) is 4.74. The predicted octanol–water partition coefficient (Wildman–Crippen LogP) is 4.10. The third-order valence-corrected chi connectivity index (χ3v) is 6.65. The van der Waals surface area contributed by atoms with E-state index in [-0.39, 0.29) is 11.5 Å². The summed E-state index contributed by atoms with van der Waals surface area (Å²) in [5, 5.41) is 0.716. The molecule has 0 unspecified atom stereocenters. The van der Waals surface area contributed by atoms with Gasteiger partial charge in [0.2, 0.25) is 10.0 Å². The van der Waals surface area contributed by atoms with Crippen molar-refractivity contribution in [1.82, 2.24) is 4.31 Å². The summed E-state index contributed by atoms with van der Waals surface area (Å²) in [5.74, 6) is 1.10. The maximum atomic E-state index is 12.5. The number of hydrogen-bond acceptors (Lipinski definition) is 6. The van der Waals surface area contributed by atoms with E-state index in [0.717, 1.165) is 6.42 Å². The Balaban J connectivity index is 1.65. The number of aryl methyl sites for hydroxylation is 1. The van der Waals surface area contributed by atoms with Crippen molar-refractivity contribution < 1.29 is 27.1 Å². The van der Waals surface area contributed by atoms with Gasteiger partial charge >= 0.3 is 5.97 Å². The lowest BCUT2D eigenvalue weighted by Gasteiger charge is -2.29. The molecule has 0 aliphatic carbocycles. The van der Waals surface area contributed by atoms with Crippen LogP contribution in [-0.4, -0.2) is 38.4 Å². The van der Waals surface area contributed by atoms with Gasteiger partial charge in [0.15, 0.2) is 0 Å². The van der Waals surface area contributed by atoms with Crippen molar-refractivity contribution in [3.05, 3.63) is 53.8 Å². The number of nitrogens with zero attached hydrogens (tertiary/aromatic N) is 1. The monoisotopic (exact) mass is 415 g/mol. The first kappa shape index (κ1) is 19.5. The second-order valence-corrected chi connectivity index (χ2v) is 8.73. The highest BCUT2D eigenvalue weighted by Gasteiger charge is 2.29. The summed E-state index contributed by atoms with van der Waals surface area (Å²) in [6, 6.07) is 11.3. The van der Waals surface area contributed by atoms with Gasteiger partial charge in [-0.05, 0) is 62.7 Å². The average molecular weight is 415 g/mol. The average Bonchev–Trinajstić information content (AvgIpc) is 3.01. The highest BCUT2D eigenvalue weighted by atomic mass is 32.2. The van der Waals surface area contributed by atoms with Crippen LogP contribution in [0, 0.1) is 6.92 Å². The van der Waals surface area contributed by atoms with Crippen LogP contribution >= 0.6 is 0 Å². The molecule has 0 atom stereocenters. The van der Waals surface area contributed by atoms with E-state index in [4.69, 9.17) is 13.9 Å². The highest BCUT2D eigenvalue weighted by molar-refractivity contribution is 7.89. The normalized spacial score (nSPS) is 14.6. The van der Waals surface area contributed by atoms with Crippen molar-refractivity contribution in [1.29, 1.82) is 0 Å². The number of esters is 1. The van der Waals surface area contributed by atoms with E-state index in [0.29, 0.717) is 46.9 Å². The second kappa shape index (κ2) is 7.53. The molecule has 4 rings (SSSR count). The molecule has 2 aromatic carbocycles. The molecule has 1 aliphatic heterocycles. The highest BCUT2D eigenvalue weighted by Crippen LogP contribution is 2.34. The molecule has 0 amide bonds. The standard InChI is InChI=1S/C21H21NO6S/c1-3-26-21(23)15-12-19-18(11-14(2)27-19)20(13-15)28-16-5-7-17(8-6-16)29(24,25)22-9-4-10-22/h5-8,11-13H,3-4,9-10H2,1-2H3. The molecule has 1 aliphatic rings. The molecule has 29 heavy (non-hydrogen) atoms. The Morgan fingerprint density at radius 2 is 1.86 bits per heavy atom. The number of furan rings is 1. The fraction of sp³-hybridized carbons (Fsp3) is 0.286. The molecule has 0 bridgehead atoms. The number of rotatable bonds is 6. The topological polar surface area (TPSA) is 86.0 Å². The minimum absolute atomic E-state index is 0.231. The molecular weight excluding hydrogens is 394 g/mol. The van der Waals surface area contributed by atoms with Crippen molar-refractivity contribution in [2.75, 3.05) is 19.7 Å². The van der Waals surface area contributed by atoms with Crippen LogP contribution in [-0.2, 0) is 14.8 Å². The lowest BCUT2D eigenvalue weighted by Crippen LogP contribution is -2.41. The summed E-state index contributed by atoms with van der Waals surface area (Å²) in [6.07, 6.45) is 0.886. The summed E-state index contributed by atoms with van der Waals surface area (Å²) in [7, 11) is -3.45. The van der Waals surface area contributed by atoms with Crippen molar-refractivity contribution in [3.8, 4) is 11.5 Å². The molecule has 2 heterocycles. The summed E-state index contributed by atoms with van der Waals surface area (Å²) < 4.78 is 43.1. The molecular formula is C21H21NO6S. The maximum absolute atomic E-state index is 12.5. The van der Waals surface area contributed by atoms with Gasteiger partial charge in [-0.2, -0.15) is 4.31 Å². The van der Waals surface area contributed by atoms with Crippen LogP contribution in [0.2, 0.25) is 0 Å². The molecule has 0 saturated carbocycles. The zero-order valence-corrected chi connectivity index (χ0v) is 17.0. The number of carbonyl (C=O) groups excluding carboxylic acids is 1. The van der Waals surface area contributed by atoms with Gasteiger partial charge in [-0.25, -0.2) is 13.2 Å². The Morgan fingerprint density at radius 1 is 1.14 bits per heavy atom. The number of sulfonamides is 1. The van der Waals surface area contributed by atoms with Crippen LogP contribution in [0.3, 0.4) is 0 Å². The van der Waals surface area contributed by atoms with Gasteiger partial charge in [0.25, 0.3) is 0 Å². The Bertz CT molecular complexity index is 1160. The third kappa shape index (κ3) is 3.73. The van der Waals surface area contributed by atoms with Gasteiger partial charge in [-0.3, -0.25) is 0 Å². The van der Waals surface area contributed by atoms with Gasteiger partial charge in [0.05, 0.1) is 22.5 Å². The molecule has 3 aromatic rings. The smallest absolute Gasteiger partial charge is 0.338 e. The Kier molecular flexibility index (Phi) is 5.06. The van der Waals surface area contributed by atoms with Gasteiger partial charge in [-0.15, -0.1) is 0 Å². The van der Waals surface area contributed by atoms with E-state index in [1.807, 2.05) is 13.0 Å². The van der Waals surface area contributed by atoms with Crippen molar-refractivity contribution >= 4 is 27.0 Å². The molecule has 0 spiro atoms. The summed E-state index contributed by atoms with van der Waals surface area (Å²) in [6.45, 7) is 4.92. The van der Waals surface area contributed by atoms with Gasteiger partial charge in [0, 0.05) is 13.1 Å². The van der Waals surface area contributed by atoms with Gasteiger partial charge in [0.1, 0.15) is 22.8 Å². The van der Waals surface area contributed by atoms with E-state index in [2.05, 4.69) is 0 Å². The zero-order valence-electron chi connectivity index (χ0n) is 16.2. The maximum Gasteiger partial charge on any atom is 0.338 e. The summed E-state index contributed by atoms with van der Waals surface area (Å²) in [4.78, 5) is 12.4. The molecule has 152 valence electrons. The van der Waals surface area contributed by atoms with Crippen LogP contribution in [0.5, 0.6) is 11.5 Å². The molecule has 1 saturated heterocycles. The molecule has 0 N–H and O–H groups in total.